The van der Waals surface area contributed by atoms with Crippen molar-refractivity contribution < 1.29 is 18.5 Å². The summed E-state index contributed by atoms with van der Waals surface area (Å²) in [7, 11) is -3.69. The second kappa shape index (κ2) is 7.76. The van der Waals surface area contributed by atoms with Crippen LogP contribution in [0.5, 0.6) is 0 Å². The lowest BCUT2D eigenvalue weighted by molar-refractivity contribution is -0.688. The number of nitrogens with two attached hydrogens (primary N) is 2. The topological polar surface area (TPSA) is 106 Å². The highest BCUT2D eigenvalue weighted by molar-refractivity contribution is 7.89. The number of hydrogen-bond acceptors (Lipinski definition) is 3. The molecule has 0 aliphatic rings. The zero-order chi connectivity index (χ0) is 17.7. The van der Waals surface area contributed by atoms with Gasteiger partial charge in [-0.2, -0.15) is 0 Å². The number of sulfonamides is 1. The Morgan fingerprint density at radius 2 is 1.92 bits per heavy atom. The molecule has 0 saturated carbocycles. The van der Waals surface area contributed by atoms with Gasteiger partial charge >= 0.3 is 0 Å². The van der Waals surface area contributed by atoms with E-state index in [-0.39, 0.29) is 16.8 Å². The number of anilines is 1. The quantitative estimate of drug-likeness (QED) is 0.710. The smallest absolute Gasteiger partial charge is 0.282 e. The van der Waals surface area contributed by atoms with Crippen molar-refractivity contribution in [2.45, 2.75) is 24.4 Å². The first-order valence-electron chi connectivity index (χ1n) is 7.27. The van der Waals surface area contributed by atoms with Crippen molar-refractivity contribution in [3.05, 3.63) is 59.1 Å². The Kier molecular flexibility index (Phi) is 5.95. The standard InChI is InChI=1S/C16H18ClN3O3S/c1-11(16(21)20-14-4-2-3-13(17)9-14)19-10-12-5-7-15(8-6-12)24(18,22)23/h2-9,11,19H,10H2,1H3,(H,20,21)(H2,18,22,23)/p+1/t11-/m1/s1. The second-order valence-electron chi connectivity index (χ2n) is 5.42. The van der Waals surface area contributed by atoms with Crippen LogP contribution >= 0.6 is 11.6 Å². The molecular formula is C16H19ClN3O3S+. The minimum absolute atomic E-state index is 0.0676. The predicted octanol–water partition coefficient (Wildman–Crippen LogP) is 1.08. The Bertz CT molecular complexity index is 823. The fourth-order valence-corrected chi connectivity index (χ4v) is 2.76. The van der Waals surface area contributed by atoms with Gasteiger partial charge in [-0.25, -0.2) is 13.6 Å². The summed E-state index contributed by atoms with van der Waals surface area (Å²) in [6.07, 6.45) is 0. The van der Waals surface area contributed by atoms with Crippen LogP contribution in [0.1, 0.15) is 12.5 Å². The van der Waals surface area contributed by atoms with Crippen LogP contribution in [0.4, 0.5) is 5.69 Å². The molecule has 128 valence electrons. The Hall–Kier alpha value is -1.93. The van der Waals surface area contributed by atoms with E-state index in [2.05, 4.69) is 5.32 Å². The minimum Gasteiger partial charge on any atom is -0.333 e. The first-order chi connectivity index (χ1) is 11.3. The van der Waals surface area contributed by atoms with Crippen molar-refractivity contribution in [3.8, 4) is 0 Å². The SMILES string of the molecule is C[C@@H]([NH2+]Cc1ccc(S(N)(=O)=O)cc1)C(=O)Nc1cccc(Cl)c1. The Morgan fingerprint density at radius 1 is 1.25 bits per heavy atom. The summed E-state index contributed by atoms with van der Waals surface area (Å²) < 4.78 is 22.4. The number of carbonyl (C=O) groups is 1. The highest BCUT2D eigenvalue weighted by Gasteiger charge is 2.16. The number of benzene rings is 2. The third-order valence-corrected chi connectivity index (χ3v) is 4.63. The molecule has 2 rings (SSSR count). The molecule has 2 aromatic carbocycles. The maximum absolute atomic E-state index is 12.1. The average Bonchev–Trinajstić information content (AvgIpc) is 2.52. The van der Waals surface area contributed by atoms with Gasteiger partial charge in [-0.05, 0) is 37.3 Å². The van der Waals surface area contributed by atoms with Gasteiger partial charge in [0, 0.05) is 16.3 Å². The van der Waals surface area contributed by atoms with Crippen molar-refractivity contribution in [3.63, 3.8) is 0 Å². The molecule has 0 bridgehead atoms. The van der Waals surface area contributed by atoms with Gasteiger partial charge in [-0.15, -0.1) is 0 Å². The summed E-state index contributed by atoms with van der Waals surface area (Å²) in [4.78, 5) is 12.2. The van der Waals surface area contributed by atoms with E-state index < -0.39 is 10.0 Å². The lowest BCUT2D eigenvalue weighted by Gasteiger charge is -2.12. The molecule has 0 fully saturated rings. The first-order valence-corrected chi connectivity index (χ1v) is 9.19. The summed E-state index contributed by atoms with van der Waals surface area (Å²) in [5.41, 5.74) is 1.54. The summed E-state index contributed by atoms with van der Waals surface area (Å²) in [5.74, 6) is -0.140. The lowest BCUT2D eigenvalue weighted by Crippen LogP contribution is -2.90. The van der Waals surface area contributed by atoms with Crippen LogP contribution in [0.3, 0.4) is 0 Å². The Labute approximate surface area is 146 Å². The number of hydrogen-bond donors (Lipinski definition) is 3. The number of quaternary nitrogens is 1. The van der Waals surface area contributed by atoms with Crippen molar-refractivity contribution >= 4 is 33.2 Å². The summed E-state index contributed by atoms with van der Waals surface area (Å²) in [5, 5.41) is 10.3. The van der Waals surface area contributed by atoms with Crippen LogP contribution < -0.4 is 15.8 Å². The monoisotopic (exact) mass is 368 g/mol. The van der Waals surface area contributed by atoms with Crippen LogP contribution in [0.15, 0.2) is 53.4 Å². The van der Waals surface area contributed by atoms with Gasteiger partial charge in [0.25, 0.3) is 5.91 Å². The van der Waals surface area contributed by atoms with Gasteiger partial charge in [0.15, 0.2) is 6.04 Å². The Morgan fingerprint density at radius 3 is 2.50 bits per heavy atom. The predicted molar refractivity (Wildman–Crippen MR) is 93.0 cm³/mol. The van der Waals surface area contributed by atoms with E-state index in [1.54, 1.807) is 43.3 Å². The highest BCUT2D eigenvalue weighted by atomic mass is 35.5. The van der Waals surface area contributed by atoms with Crippen molar-refractivity contribution in [1.82, 2.24) is 0 Å². The molecular weight excluding hydrogens is 350 g/mol. The fraction of sp³-hybridized carbons (Fsp3) is 0.188. The molecule has 0 unspecified atom stereocenters. The van der Waals surface area contributed by atoms with E-state index in [1.807, 2.05) is 5.32 Å². The molecule has 0 aliphatic heterocycles. The van der Waals surface area contributed by atoms with Gasteiger partial charge in [0.2, 0.25) is 10.0 Å². The fourth-order valence-electron chi connectivity index (χ4n) is 2.06. The van der Waals surface area contributed by atoms with Gasteiger partial charge < -0.3 is 10.6 Å². The van der Waals surface area contributed by atoms with Gasteiger partial charge in [-0.3, -0.25) is 4.79 Å². The first kappa shape index (κ1) is 18.4. The molecule has 6 nitrogen and oxygen atoms in total. The highest BCUT2D eigenvalue weighted by Crippen LogP contribution is 2.14. The molecule has 0 radical (unpaired) electrons. The third kappa shape index (κ3) is 5.31. The van der Waals surface area contributed by atoms with E-state index >= 15 is 0 Å². The van der Waals surface area contributed by atoms with Gasteiger partial charge in [-0.1, -0.05) is 29.8 Å². The number of amides is 1. The van der Waals surface area contributed by atoms with Crippen LogP contribution in [0.2, 0.25) is 5.02 Å². The molecule has 2 aromatic rings. The van der Waals surface area contributed by atoms with E-state index in [0.717, 1.165) is 5.56 Å². The molecule has 1 atom stereocenters. The molecule has 0 spiro atoms. The van der Waals surface area contributed by atoms with E-state index in [0.29, 0.717) is 17.3 Å². The van der Waals surface area contributed by atoms with Crippen LogP contribution in [-0.2, 0) is 21.4 Å². The summed E-state index contributed by atoms with van der Waals surface area (Å²) in [6.45, 7) is 2.33. The van der Waals surface area contributed by atoms with Crippen LogP contribution in [-0.4, -0.2) is 20.4 Å². The maximum atomic E-state index is 12.1. The van der Waals surface area contributed by atoms with Crippen molar-refractivity contribution in [1.29, 1.82) is 0 Å². The number of carbonyl (C=O) groups excluding carboxylic acids is 1. The average molecular weight is 369 g/mol. The van der Waals surface area contributed by atoms with Gasteiger partial charge in [0.05, 0.1) is 4.90 Å². The number of rotatable bonds is 6. The zero-order valence-corrected chi connectivity index (χ0v) is 14.6. The second-order valence-corrected chi connectivity index (χ2v) is 7.41. The largest absolute Gasteiger partial charge is 0.333 e. The maximum Gasteiger partial charge on any atom is 0.282 e. The molecule has 1 amide bonds. The zero-order valence-electron chi connectivity index (χ0n) is 13.1. The molecule has 0 saturated heterocycles. The lowest BCUT2D eigenvalue weighted by atomic mass is 10.2. The third-order valence-electron chi connectivity index (χ3n) is 3.46. The normalized spacial score (nSPS) is 12.6. The van der Waals surface area contributed by atoms with Crippen molar-refractivity contribution in [2.75, 3.05) is 5.32 Å². The van der Waals surface area contributed by atoms with E-state index in [4.69, 9.17) is 16.7 Å². The molecule has 5 N–H and O–H groups in total. The summed E-state index contributed by atoms with van der Waals surface area (Å²) >= 11 is 5.88. The molecule has 24 heavy (non-hydrogen) atoms. The van der Waals surface area contributed by atoms with E-state index in [9.17, 15) is 13.2 Å². The number of halogens is 1. The molecule has 8 heteroatoms. The Balaban J connectivity index is 1.90. The summed E-state index contributed by atoms with van der Waals surface area (Å²) in [6, 6.07) is 12.9. The number of primary sulfonamides is 1. The van der Waals surface area contributed by atoms with Crippen LogP contribution in [0.25, 0.3) is 0 Å². The van der Waals surface area contributed by atoms with E-state index in [1.165, 1.54) is 12.1 Å². The number of nitrogens with one attached hydrogen (secondary N) is 1. The molecule has 0 heterocycles. The van der Waals surface area contributed by atoms with Crippen molar-refractivity contribution in [2.24, 2.45) is 5.14 Å². The minimum atomic E-state index is -3.69. The molecule has 0 aliphatic carbocycles. The van der Waals surface area contributed by atoms with Crippen LogP contribution in [0, 0.1) is 0 Å². The van der Waals surface area contributed by atoms with Gasteiger partial charge in [0.1, 0.15) is 6.54 Å². The molecule has 0 aromatic heterocycles.